The van der Waals surface area contributed by atoms with E-state index in [2.05, 4.69) is 84.9 Å². The molecule has 3 aromatic rings. The van der Waals surface area contributed by atoms with Gasteiger partial charge in [0.15, 0.2) is 0 Å². The summed E-state index contributed by atoms with van der Waals surface area (Å²) in [5, 5.41) is 4.24. The lowest BCUT2D eigenvalue weighted by molar-refractivity contribution is 0.0181. The zero-order valence-electron chi connectivity index (χ0n) is 21.0. The number of likely N-dealkylation sites (tertiary alicyclic amines) is 1. The number of piperidine rings is 1. The summed E-state index contributed by atoms with van der Waals surface area (Å²) in [6.07, 6.45) is 4.16. The van der Waals surface area contributed by atoms with Crippen molar-refractivity contribution >= 4 is 53.9 Å². The summed E-state index contributed by atoms with van der Waals surface area (Å²) < 4.78 is 5.56. The number of amides is 1. The molecule has 1 amide bonds. The molecule has 3 nitrogen and oxygen atoms in total. The van der Waals surface area contributed by atoms with Gasteiger partial charge in [0.25, 0.3) is 0 Å². The van der Waals surface area contributed by atoms with Gasteiger partial charge in [-0.1, -0.05) is 84.9 Å². The summed E-state index contributed by atoms with van der Waals surface area (Å²) in [4.78, 5) is 14.3. The Bertz CT molecular complexity index is 1020. The lowest BCUT2D eigenvalue weighted by atomic mass is 9.90. The number of benzene rings is 3. The highest BCUT2D eigenvalue weighted by Gasteiger charge is 2.27. The molecule has 1 aliphatic rings. The number of nitrogens with zero attached hydrogens (tertiary/aromatic N) is 1. The fraction of sp³-hybridized carbons (Fsp3) is 0.367. The van der Waals surface area contributed by atoms with Gasteiger partial charge >= 0.3 is 6.09 Å². The number of aryl methyl sites for hydroxylation is 1. The van der Waals surface area contributed by atoms with E-state index in [4.69, 9.17) is 4.74 Å². The molecular formula is C30H37INO2P. The van der Waals surface area contributed by atoms with Crippen molar-refractivity contribution in [1.29, 1.82) is 0 Å². The van der Waals surface area contributed by atoms with E-state index < -0.39 is 13.5 Å². The Morgan fingerprint density at radius 1 is 0.857 bits per heavy atom. The van der Waals surface area contributed by atoms with Crippen LogP contribution in [0.4, 0.5) is 4.79 Å². The van der Waals surface area contributed by atoms with E-state index in [1.807, 2.05) is 25.7 Å². The molecule has 4 rings (SSSR count). The second kappa shape index (κ2) is 12.9. The molecule has 0 spiro atoms. The summed E-state index contributed by atoms with van der Waals surface area (Å²) in [6.45, 7) is 7.36. The number of halogens is 1. The van der Waals surface area contributed by atoms with Crippen molar-refractivity contribution in [2.45, 2.75) is 52.1 Å². The molecule has 3 aromatic carbocycles. The second-order valence-electron chi connectivity index (χ2n) is 10.1. The molecular weight excluding hydrogens is 564 g/mol. The van der Waals surface area contributed by atoms with Gasteiger partial charge in [-0.15, -0.1) is 24.0 Å². The number of rotatable bonds is 6. The van der Waals surface area contributed by atoms with Crippen LogP contribution in [0.1, 0.15) is 45.6 Å². The van der Waals surface area contributed by atoms with Gasteiger partial charge in [-0.2, -0.15) is 0 Å². The van der Waals surface area contributed by atoms with E-state index in [9.17, 15) is 4.79 Å². The van der Waals surface area contributed by atoms with Gasteiger partial charge in [0.1, 0.15) is 5.60 Å². The predicted octanol–water partition coefficient (Wildman–Crippen LogP) is 6.64. The maximum Gasteiger partial charge on any atom is 0.410 e. The average Bonchev–Trinajstić information content (AvgIpc) is 2.84. The Labute approximate surface area is 229 Å². The molecule has 1 aliphatic heterocycles. The maximum atomic E-state index is 12.4. The molecule has 0 atom stereocenters. The van der Waals surface area contributed by atoms with Crippen LogP contribution in [-0.4, -0.2) is 29.7 Å². The van der Waals surface area contributed by atoms with Gasteiger partial charge in [-0.05, 0) is 81.8 Å². The van der Waals surface area contributed by atoms with Gasteiger partial charge < -0.3 is 9.64 Å². The average molecular weight is 602 g/mol. The van der Waals surface area contributed by atoms with Crippen LogP contribution in [0.5, 0.6) is 0 Å². The molecule has 186 valence electrons. The quantitative estimate of drug-likeness (QED) is 0.234. The highest BCUT2D eigenvalue weighted by atomic mass is 127. The monoisotopic (exact) mass is 601 g/mol. The van der Waals surface area contributed by atoms with Crippen LogP contribution in [0, 0.1) is 5.92 Å². The molecule has 0 bridgehead atoms. The van der Waals surface area contributed by atoms with Crippen molar-refractivity contribution in [2.75, 3.05) is 13.1 Å². The van der Waals surface area contributed by atoms with E-state index in [0.29, 0.717) is 5.92 Å². The fourth-order valence-electron chi connectivity index (χ4n) is 4.61. The first-order chi connectivity index (χ1) is 16.4. The molecule has 0 aliphatic carbocycles. The van der Waals surface area contributed by atoms with Crippen LogP contribution in [0.2, 0.25) is 0 Å². The van der Waals surface area contributed by atoms with Crippen molar-refractivity contribution in [3.63, 3.8) is 0 Å². The first-order valence-electron chi connectivity index (χ1n) is 12.4. The summed E-state index contributed by atoms with van der Waals surface area (Å²) in [6, 6.07) is 30.8. The largest absolute Gasteiger partial charge is 0.444 e. The minimum Gasteiger partial charge on any atom is -0.444 e. The highest BCUT2D eigenvalue weighted by molar-refractivity contribution is 14.0. The minimum absolute atomic E-state index is 0. The molecule has 1 saturated heterocycles. The normalized spacial score (nSPS) is 14.5. The van der Waals surface area contributed by atoms with E-state index in [-0.39, 0.29) is 30.1 Å². The molecule has 0 radical (unpaired) electrons. The van der Waals surface area contributed by atoms with E-state index in [1.165, 1.54) is 21.5 Å². The van der Waals surface area contributed by atoms with Crippen molar-refractivity contribution in [3.8, 4) is 0 Å². The molecule has 0 N–H and O–H groups in total. The van der Waals surface area contributed by atoms with E-state index in [1.54, 1.807) is 0 Å². The smallest absolute Gasteiger partial charge is 0.410 e. The predicted molar refractivity (Wildman–Crippen MR) is 159 cm³/mol. The zero-order chi connectivity index (χ0) is 24.0. The van der Waals surface area contributed by atoms with Crippen molar-refractivity contribution in [2.24, 2.45) is 5.92 Å². The molecule has 1 fully saturated rings. The Morgan fingerprint density at radius 3 is 1.91 bits per heavy atom. The standard InChI is InChI=1S/C30H36NO2P.HI/c1-30(2,3)33-29(32)31-22-20-24(21-23-31)18-19-25-12-10-11-17-28(25)34(26-13-6-4-7-14-26)27-15-8-5-9-16-27;/h4-17,24H,18-23H2,1-3H3;1H. The highest BCUT2D eigenvalue weighted by Crippen LogP contribution is 2.35. The third-order valence-corrected chi connectivity index (χ3v) is 8.90. The van der Waals surface area contributed by atoms with Gasteiger partial charge in [0, 0.05) is 13.1 Å². The van der Waals surface area contributed by atoms with Crippen LogP contribution in [-0.2, 0) is 11.2 Å². The van der Waals surface area contributed by atoms with Gasteiger partial charge in [-0.3, -0.25) is 0 Å². The number of hydrogen-bond acceptors (Lipinski definition) is 2. The van der Waals surface area contributed by atoms with Crippen molar-refractivity contribution < 1.29 is 9.53 Å². The fourth-order valence-corrected chi connectivity index (χ4v) is 7.12. The van der Waals surface area contributed by atoms with Crippen molar-refractivity contribution in [1.82, 2.24) is 4.90 Å². The summed E-state index contributed by atoms with van der Waals surface area (Å²) >= 11 is 0. The number of carbonyl (C=O) groups excluding carboxylic acids is 1. The molecule has 35 heavy (non-hydrogen) atoms. The maximum absolute atomic E-state index is 12.4. The first kappa shape index (κ1) is 27.7. The zero-order valence-corrected chi connectivity index (χ0v) is 24.2. The van der Waals surface area contributed by atoms with Gasteiger partial charge in [0.05, 0.1) is 0 Å². The lowest BCUT2D eigenvalue weighted by Crippen LogP contribution is -2.41. The van der Waals surface area contributed by atoms with Crippen LogP contribution >= 0.6 is 31.9 Å². The number of hydrogen-bond donors (Lipinski definition) is 0. The number of ether oxygens (including phenoxy) is 1. The summed E-state index contributed by atoms with van der Waals surface area (Å²) in [7, 11) is -0.595. The molecule has 0 unspecified atom stereocenters. The Morgan fingerprint density at radius 2 is 1.37 bits per heavy atom. The van der Waals surface area contributed by atoms with Gasteiger partial charge in [-0.25, -0.2) is 4.79 Å². The lowest BCUT2D eigenvalue weighted by Gasteiger charge is -2.33. The Hall–Kier alpha value is -1.91. The molecule has 5 heteroatoms. The van der Waals surface area contributed by atoms with Crippen LogP contribution < -0.4 is 15.9 Å². The third-order valence-electron chi connectivity index (χ3n) is 6.35. The SMILES string of the molecule is CC(C)(C)OC(=O)N1CCC(CCc2ccccc2P(c2ccccc2)c2ccccc2)CC1.I. The Balaban J connectivity index is 0.00000342. The van der Waals surface area contributed by atoms with Crippen LogP contribution in [0.25, 0.3) is 0 Å². The van der Waals surface area contributed by atoms with E-state index >= 15 is 0 Å². The van der Waals surface area contributed by atoms with E-state index in [0.717, 1.165) is 38.8 Å². The van der Waals surface area contributed by atoms with Crippen LogP contribution in [0.15, 0.2) is 84.9 Å². The van der Waals surface area contributed by atoms with Crippen LogP contribution in [0.3, 0.4) is 0 Å². The number of carbonyl (C=O) groups is 1. The molecule has 0 saturated carbocycles. The first-order valence-corrected chi connectivity index (χ1v) is 13.7. The molecule has 0 aromatic heterocycles. The van der Waals surface area contributed by atoms with Gasteiger partial charge in [0.2, 0.25) is 0 Å². The summed E-state index contributed by atoms with van der Waals surface area (Å²) in [5.74, 6) is 0.645. The topological polar surface area (TPSA) is 29.5 Å². The summed E-state index contributed by atoms with van der Waals surface area (Å²) in [5.41, 5.74) is 1.02. The Kier molecular flexibility index (Phi) is 10.2. The van der Waals surface area contributed by atoms with Crippen molar-refractivity contribution in [3.05, 3.63) is 90.5 Å². The second-order valence-corrected chi connectivity index (χ2v) is 12.3. The minimum atomic E-state index is -0.595. The molecule has 1 heterocycles. The third kappa shape index (κ3) is 7.79.